The Bertz CT molecular complexity index is 919. The fourth-order valence-corrected chi connectivity index (χ4v) is 4.03. The third-order valence-electron chi connectivity index (χ3n) is 5.00. The van der Waals surface area contributed by atoms with Crippen LogP contribution in [0.1, 0.15) is 16.8 Å². The van der Waals surface area contributed by atoms with E-state index in [0.29, 0.717) is 0 Å². The van der Waals surface area contributed by atoms with E-state index in [1.54, 1.807) is 0 Å². The Morgan fingerprint density at radius 1 is 1.26 bits per heavy atom. The van der Waals surface area contributed by atoms with E-state index in [0.717, 1.165) is 0 Å². The molecule has 27 heavy (non-hydrogen) atoms. The summed E-state index contributed by atoms with van der Waals surface area (Å²) in [6.45, 7) is 0. The second-order valence-corrected chi connectivity index (χ2v) is 7.05. The number of hydrogen-bond donors (Lipinski definition) is 2. The highest BCUT2D eigenvalue weighted by Gasteiger charge is 2.86. The lowest BCUT2D eigenvalue weighted by molar-refractivity contribution is -0.153. The number of fused-ring (bicyclic) bond motifs is 1. The highest BCUT2D eigenvalue weighted by molar-refractivity contribution is 6.42. The van der Waals surface area contributed by atoms with E-state index in [4.69, 9.17) is 38.6 Å². The molecule has 2 aliphatic carbocycles. The van der Waals surface area contributed by atoms with Gasteiger partial charge in [0.2, 0.25) is 5.67 Å². The predicted octanol–water partition coefficient (Wildman–Crippen LogP) is 3.10. The van der Waals surface area contributed by atoms with Crippen molar-refractivity contribution in [3.05, 3.63) is 44.3 Å². The van der Waals surface area contributed by atoms with Gasteiger partial charge in [-0.15, -0.1) is 0 Å². The topological polar surface area (TPSA) is 150 Å². The molecule has 3 rings (SSSR count). The van der Waals surface area contributed by atoms with Crippen LogP contribution in [0.25, 0.3) is 10.4 Å². The van der Waals surface area contributed by atoms with E-state index in [9.17, 15) is 23.9 Å². The van der Waals surface area contributed by atoms with Crippen molar-refractivity contribution >= 4 is 41.1 Å². The highest BCUT2D eigenvalue weighted by atomic mass is 35.5. The summed E-state index contributed by atoms with van der Waals surface area (Å²) in [6.07, 6.45) is -1.97. The average Bonchev–Trinajstić information content (AvgIpc) is 3.04. The van der Waals surface area contributed by atoms with Crippen LogP contribution >= 0.6 is 23.2 Å². The van der Waals surface area contributed by atoms with Crippen molar-refractivity contribution in [2.45, 2.75) is 23.7 Å². The summed E-state index contributed by atoms with van der Waals surface area (Å²) >= 11 is 11.6. The number of carbonyl (C=O) groups is 3. The van der Waals surface area contributed by atoms with E-state index in [2.05, 4.69) is 10.0 Å². The second kappa shape index (κ2) is 6.26. The molecule has 2 aliphatic rings. The van der Waals surface area contributed by atoms with Gasteiger partial charge in [0.1, 0.15) is 6.10 Å². The summed E-state index contributed by atoms with van der Waals surface area (Å²) in [6, 6.07) is 3.79. The maximum absolute atomic E-state index is 14.6. The Labute approximate surface area is 160 Å². The number of halogens is 3. The molecule has 5 atom stereocenters. The zero-order valence-corrected chi connectivity index (χ0v) is 14.7. The molecular weight excluding hydrogens is 408 g/mol. The van der Waals surface area contributed by atoms with Gasteiger partial charge >= 0.3 is 17.9 Å². The third kappa shape index (κ3) is 2.60. The number of azide groups is 1. The Hall–Kier alpha value is -2.55. The fraction of sp³-hybridized carbons (Fsp3) is 0.400. The van der Waals surface area contributed by atoms with Crippen molar-refractivity contribution < 1.29 is 33.7 Å². The molecule has 0 unspecified atom stereocenters. The largest absolute Gasteiger partial charge is 0.481 e. The first-order valence-corrected chi connectivity index (χ1v) is 8.24. The lowest BCUT2D eigenvalue weighted by atomic mass is 9.87. The number of rotatable bonds is 5. The summed E-state index contributed by atoms with van der Waals surface area (Å²) in [5.41, 5.74) is 3.28. The molecule has 9 nitrogen and oxygen atoms in total. The van der Waals surface area contributed by atoms with Crippen LogP contribution in [0.5, 0.6) is 0 Å². The molecule has 0 saturated heterocycles. The van der Waals surface area contributed by atoms with Crippen molar-refractivity contribution in [3.8, 4) is 0 Å². The number of esters is 1. The van der Waals surface area contributed by atoms with Crippen molar-refractivity contribution in [2.24, 2.45) is 17.0 Å². The number of benzene rings is 1. The van der Waals surface area contributed by atoms with Crippen LogP contribution in [0, 0.1) is 11.8 Å². The van der Waals surface area contributed by atoms with Crippen LogP contribution in [0.3, 0.4) is 0 Å². The van der Waals surface area contributed by atoms with Crippen LogP contribution in [0.15, 0.2) is 23.3 Å². The van der Waals surface area contributed by atoms with Gasteiger partial charge in [0.25, 0.3) is 0 Å². The van der Waals surface area contributed by atoms with Gasteiger partial charge < -0.3 is 14.9 Å². The minimum Gasteiger partial charge on any atom is -0.481 e. The smallest absolute Gasteiger partial charge is 0.342 e. The third-order valence-corrected chi connectivity index (χ3v) is 5.74. The first-order chi connectivity index (χ1) is 12.6. The number of nitrogens with zero attached hydrogens (tertiary/aromatic N) is 3. The monoisotopic (exact) mass is 417 g/mol. The number of ether oxygens (including phenoxy) is 1. The zero-order chi connectivity index (χ0) is 20.1. The first-order valence-electron chi connectivity index (χ1n) is 7.48. The molecule has 0 spiro atoms. The van der Waals surface area contributed by atoms with Crippen LogP contribution in [-0.4, -0.2) is 45.4 Å². The molecule has 0 aliphatic heterocycles. The molecule has 0 radical (unpaired) electrons. The maximum Gasteiger partial charge on any atom is 0.342 e. The summed E-state index contributed by atoms with van der Waals surface area (Å²) < 4.78 is 19.8. The average molecular weight is 418 g/mol. The van der Waals surface area contributed by atoms with Crippen LogP contribution in [0.2, 0.25) is 10.0 Å². The quantitative estimate of drug-likeness (QED) is 0.325. The lowest BCUT2D eigenvalue weighted by Crippen LogP contribution is -2.52. The number of hydrogen-bond acceptors (Lipinski definition) is 5. The van der Waals surface area contributed by atoms with Crippen molar-refractivity contribution in [2.75, 3.05) is 0 Å². The van der Waals surface area contributed by atoms with E-state index in [1.807, 2.05) is 0 Å². The van der Waals surface area contributed by atoms with Crippen LogP contribution < -0.4 is 0 Å². The Kier molecular flexibility index (Phi) is 4.46. The van der Waals surface area contributed by atoms with Gasteiger partial charge in [-0.25, -0.2) is 14.0 Å². The molecule has 1 aromatic rings. The number of aliphatic carboxylic acids is 2. The van der Waals surface area contributed by atoms with Gasteiger partial charge in [0, 0.05) is 16.7 Å². The molecule has 142 valence electrons. The van der Waals surface area contributed by atoms with E-state index < -0.39 is 53.5 Å². The summed E-state index contributed by atoms with van der Waals surface area (Å²) in [7, 11) is 0. The minimum atomic E-state index is -2.86. The van der Waals surface area contributed by atoms with Crippen LogP contribution in [0.4, 0.5) is 4.39 Å². The van der Waals surface area contributed by atoms with Gasteiger partial charge in [-0.1, -0.05) is 28.3 Å². The number of carboxylic acid groups (broad SMARTS) is 2. The molecule has 12 heteroatoms. The van der Waals surface area contributed by atoms with E-state index in [-0.39, 0.29) is 15.6 Å². The Morgan fingerprint density at radius 2 is 1.93 bits per heavy atom. The second-order valence-electron chi connectivity index (χ2n) is 6.24. The van der Waals surface area contributed by atoms with Crippen molar-refractivity contribution in [3.63, 3.8) is 0 Å². The van der Waals surface area contributed by atoms with Crippen LogP contribution in [-0.2, 0) is 14.3 Å². The van der Waals surface area contributed by atoms with Gasteiger partial charge in [-0.2, -0.15) is 0 Å². The van der Waals surface area contributed by atoms with E-state index in [1.165, 1.54) is 18.2 Å². The van der Waals surface area contributed by atoms with Crippen molar-refractivity contribution in [1.82, 2.24) is 0 Å². The molecule has 1 aromatic carbocycles. The normalized spacial score (nSPS) is 33.5. The van der Waals surface area contributed by atoms with Gasteiger partial charge in [0.15, 0.2) is 5.54 Å². The Morgan fingerprint density at radius 3 is 2.44 bits per heavy atom. The molecular formula is C15H10Cl2FN3O6. The van der Waals surface area contributed by atoms with Gasteiger partial charge in [-0.3, -0.25) is 4.79 Å². The molecule has 0 aromatic heterocycles. The minimum absolute atomic E-state index is 0.0496. The zero-order valence-electron chi connectivity index (χ0n) is 13.2. The standard InChI is InChI=1S/C15H10Cl2FN3O6/c16-7-2-1-5(3-8(7)17)11(22)27-9-4-6-10(14(6,18)12(23)24)15(9,13(25)26)20-21-19/h1-3,6,9-10H,4H2,(H,23,24)(H,25,26)/t6-,9-,10+,14-,15+/m1/s1. The summed E-state index contributed by atoms with van der Waals surface area (Å²) in [5, 5.41) is 22.0. The van der Waals surface area contributed by atoms with E-state index >= 15 is 0 Å². The fourth-order valence-electron chi connectivity index (χ4n) is 3.73. The Balaban J connectivity index is 1.95. The summed E-state index contributed by atoms with van der Waals surface area (Å²) in [4.78, 5) is 37.8. The molecule has 0 heterocycles. The molecule has 0 bridgehead atoms. The first kappa shape index (κ1) is 19.2. The number of carboxylic acids is 2. The molecule has 0 amide bonds. The molecule has 2 saturated carbocycles. The summed E-state index contributed by atoms with van der Waals surface area (Å²) in [5.74, 6) is -7.55. The van der Waals surface area contributed by atoms with Gasteiger partial charge in [-0.05, 0) is 30.2 Å². The number of alkyl halides is 1. The highest BCUT2D eigenvalue weighted by Crippen LogP contribution is 2.69. The van der Waals surface area contributed by atoms with Gasteiger partial charge in [0.05, 0.1) is 15.6 Å². The molecule has 2 N–H and O–H groups in total. The predicted molar refractivity (Wildman–Crippen MR) is 88.3 cm³/mol. The number of carbonyl (C=O) groups excluding carboxylic acids is 1. The molecule has 2 fully saturated rings. The van der Waals surface area contributed by atoms with Crippen molar-refractivity contribution in [1.29, 1.82) is 0 Å². The maximum atomic E-state index is 14.6. The lowest BCUT2D eigenvalue weighted by Gasteiger charge is -2.30. The SMILES string of the molecule is [N-]=[N+]=N[C@@]1(C(=O)O)[C@H](OC(=O)c2ccc(Cl)c(Cl)c2)C[C@@H]2[C@H]1[C@@]2(F)C(=O)O.